The molecular weight excluding hydrogens is 871 g/mol. The van der Waals surface area contributed by atoms with E-state index in [-0.39, 0.29) is 67.3 Å². The van der Waals surface area contributed by atoms with Crippen molar-refractivity contribution in [2.24, 2.45) is 5.41 Å². The number of aromatic hydroxyl groups is 1. The third-order valence-corrected chi connectivity index (χ3v) is 14.0. The average Bonchev–Trinajstić information content (AvgIpc) is 4.00. The zero-order valence-electron chi connectivity index (χ0n) is 38.4. The van der Waals surface area contributed by atoms with Gasteiger partial charge in [0, 0.05) is 81.3 Å². The van der Waals surface area contributed by atoms with Gasteiger partial charge in [-0.25, -0.2) is 4.98 Å². The van der Waals surface area contributed by atoms with Gasteiger partial charge in [0.05, 0.1) is 28.8 Å². The number of carbonyl (C=O) groups is 4. The van der Waals surface area contributed by atoms with Crippen molar-refractivity contribution in [3.8, 4) is 33.2 Å². The Hall–Kier alpha value is -6.43. The number of piperazine rings is 1. The van der Waals surface area contributed by atoms with E-state index in [4.69, 9.17) is 10.5 Å². The summed E-state index contributed by atoms with van der Waals surface area (Å²) < 4.78 is 5.95. The standard InChI is InChI=1S/C50H59N9O7S/c1-30-44(67-29-53-30)33-13-11-32(12-14-33)25-52-47(63)40-23-37(60)28-58(40)49(65)45(50(2,3)4)54-43(62)19-21-57-26-35-17-18-36(27-57)59(35)48(64)34-15-9-31(10-16-34)20-22-66-42-24-39(55-56-46(42)51)38-7-5-6-8-41(38)61/h5-16,24,29,35-37,40,45,60-61H,17-23,25-28H2,1-4H3,(H2,51,56)(H,52,63)(H,54,62)/t35-,36+,37-,40+,45-/m1/s1. The van der Waals surface area contributed by atoms with Gasteiger partial charge in [0.25, 0.3) is 5.91 Å². The van der Waals surface area contributed by atoms with Crippen LogP contribution < -0.4 is 21.1 Å². The van der Waals surface area contributed by atoms with Gasteiger partial charge < -0.3 is 41.1 Å². The average molecular weight is 930 g/mol. The quantitative estimate of drug-likeness (QED) is 0.0941. The number of ether oxygens (including phenoxy) is 1. The molecule has 0 spiro atoms. The van der Waals surface area contributed by atoms with Gasteiger partial charge in [-0.3, -0.25) is 24.1 Å². The van der Waals surface area contributed by atoms with Gasteiger partial charge in [-0.2, -0.15) is 0 Å². The number of para-hydroxylation sites is 1. The number of nitrogen functional groups attached to an aromatic ring is 1. The van der Waals surface area contributed by atoms with E-state index in [0.717, 1.165) is 40.1 Å². The van der Waals surface area contributed by atoms with Crippen molar-refractivity contribution in [2.75, 3.05) is 38.5 Å². The van der Waals surface area contributed by atoms with Gasteiger partial charge in [0.1, 0.15) is 23.5 Å². The zero-order valence-corrected chi connectivity index (χ0v) is 39.2. The first-order chi connectivity index (χ1) is 32.1. The molecule has 67 heavy (non-hydrogen) atoms. The van der Waals surface area contributed by atoms with Crippen LogP contribution in [0.3, 0.4) is 0 Å². The van der Waals surface area contributed by atoms with E-state index in [0.29, 0.717) is 55.2 Å². The molecule has 3 aromatic carbocycles. The molecule has 2 bridgehead atoms. The Kier molecular flexibility index (Phi) is 14.2. The number of amides is 4. The number of nitrogens with two attached hydrogens (primary N) is 1. The smallest absolute Gasteiger partial charge is 0.254 e. The van der Waals surface area contributed by atoms with E-state index < -0.39 is 29.5 Å². The molecule has 5 atom stereocenters. The fourth-order valence-corrected chi connectivity index (χ4v) is 10.2. The third kappa shape index (κ3) is 10.9. The lowest BCUT2D eigenvalue weighted by atomic mass is 9.85. The number of aliphatic hydroxyl groups is 1. The Labute approximate surface area is 394 Å². The summed E-state index contributed by atoms with van der Waals surface area (Å²) in [5.74, 6) is -0.453. The number of aliphatic hydroxyl groups excluding tert-OH is 1. The Morgan fingerprint density at radius 1 is 0.940 bits per heavy atom. The number of aromatic nitrogens is 3. The maximum atomic E-state index is 14.2. The number of thiazole rings is 1. The number of hydrogen-bond acceptors (Lipinski definition) is 13. The predicted octanol–water partition coefficient (Wildman–Crippen LogP) is 4.97. The lowest BCUT2D eigenvalue weighted by Gasteiger charge is -2.41. The third-order valence-electron chi connectivity index (χ3n) is 13.0. The molecule has 3 saturated heterocycles. The molecule has 0 aliphatic carbocycles. The number of β-amino-alcohol motifs (C(OH)–C–C–N with tert-alkyl or cyclic N) is 1. The van der Waals surface area contributed by atoms with Crippen molar-refractivity contribution in [1.29, 1.82) is 0 Å². The van der Waals surface area contributed by atoms with E-state index in [9.17, 15) is 29.4 Å². The number of fused-ring (bicyclic) bond motifs is 2. The first-order valence-corrected chi connectivity index (χ1v) is 23.7. The molecule has 3 fully saturated rings. The molecule has 4 amide bonds. The molecule has 5 heterocycles. The SMILES string of the molecule is Cc1ncsc1-c1ccc(CNC(=O)[C@@H]2C[C@@H](O)CN2C(=O)[C@@H](NC(=O)CCN2C[C@H]3CC[C@@H](C2)N3C(=O)c2ccc(CCOc3cc(-c4ccccc4O)nnc3N)cc2)C(C)(C)C)cc1. The highest BCUT2D eigenvalue weighted by Gasteiger charge is 2.45. The van der Waals surface area contributed by atoms with Crippen LogP contribution in [-0.4, -0.2) is 127 Å². The lowest BCUT2D eigenvalue weighted by molar-refractivity contribution is -0.144. The largest absolute Gasteiger partial charge is 0.507 e. The summed E-state index contributed by atoms with van der Waals surface area (Å²) in [5.41, 5.74) is 12.6. The van der Waals surface area contributed by atoms with Crippen molar-refractivity contribution in [1.82, 2.24) is 40.5 Å². The van der Waals surface area contributed by atoms with E-state index in [1.807, 2.05) is 86.6 Å². The summed E-state index contributed by atoms with van der Waals surface area (Å²) in [4.78, 5) is 66.3. The number of likely N-dealkylation sites (tertiary alicyclic amines) is 2. The van der Waals surface area contributed by atoms with Gasteiger partial charge in [-0.1, -0.05) is 69.3 Å². The minimum absolute atomic E-state index is 0.00144. The first-order valence-electron chi connectivity index (χ1n) is 22.9. The molecular formula is C50H59N9O7S. The van der Waals surface area contributed by atoms with Gasteiger partial charge in [-0.05, 0) is 66.1 Å². The first kappa shape index (κ1) is 47.1. The summed E-state index contributed by atoms with van der Waals surface area (Å²) in [6.45, 7) is 9.92. The van der Waals surface area contributed by atoms with Crippen LogP contribution in [0.1, 0.15) is 73.6 Å². The maximum absolute atomic E-state index is 14.2. The van der Waals surface area contributed by atoms with Crippen LogP contribution in [0.2, 0.25) is 0 Å². The number of aryl methyl sites for hydroxylation is 1. The van der Waals surface area contributed by atoms with Gasteiger partial charge in [0.2, 0.25) is 17.7 Å². The van der Waals surface area contributed by atoms with Crippen LogP contribution in [0.5, 0.6) is 11.5 Å². The second-order valence-corrected chi connectivity index (χ2v) is 19.7. The van der Waals surface area contributed by atoms with Crippen molar-refractivity contribution < 1.29 is 34.1 Å². The maximum Gasteiger partial charge on any atom is 0.254 e. The number of phenols is 1. The Balaban J connectivity index is 0.803. The minimum atomic E-state index is -0.922. The second-order valence-electron chi connectivity index (χ2n) is 18.8. The van der Waals surface area contributed by atoms with E-state index in [1.165, 1.54) is 4.90 Å². The summed E-state index contributed by atoms with van der Waals surface area (Å²) in [7, 11) is 0. The minimum Gasteiger partial charge on any atom is -0.507 e. The fraction of sp³-hybridized carbons (Fsp3) is 0.420. The number of nitrogens with zero attached hydrogens (tertiary/aromatic N) is 6. The highest BCUT2D eigenvalue weighted by molar-refractivity contribution is 7.13. The number of anilines is 1. The molecule has 0 unspecified atom stereocenters. The van der Waals surface area contributed by atoms with Crippen LogP contribution in [-0.2, 0) is 27.3 Å². The molecule has 2 aromatic heterocycles. The monoisotopic (exact) mass is 929 g/mol. The molecule has 3 aliphatic rings. The number of rotatable bonds is 15. The number of nitrogens with one attached hydrogen (secondary N) is 2. The number of carbonyl (C=O) groups excluding carboxylic acids is 4. The highest BCUT2D eigenvalue weighted by Crippen LogP contribution is 2.34. The molecule has 6 N–H and O–H groups in total. The summed E-state index contributed by atoms with van der Waals surface area (Å²) >= 11 is 1.58. The van der Waals surface area contributed by atoms with Crippen molar-refractivity contribution >= 4 is 40.8 Å². The molecule has 3 aliphatic heterocycles. The van der Waals surface area contributed by atoms with Crippen molar-refractivity contribution in [3.63, 3.8) is 0 Å². The summed E-state index contributed by atoms with van der Waals surface area (Å²) in [5, 5.41) is 34.9. The van der Waals surface area contributed by atoms with Crippen molar-refractivity contribution in [3.05, 3.63) is 107 Å². The van der Waals surface area contributed by atoms with Crippen molar-refractivity contribution in [2.45, 2.75) is 96.6 Å². The second kappa shape index (κ2) is 20.2. The molecule has 17 heteroatoms. The zero-order chi connectivity index (χ0) is 47.4. The Bertz CT molecular complexity index is 2570. The molecule has 352 valence electrons. The van der Waals surface area contributed by atoms with E-state index >= 15 is 0 Å². The lowest BCUT2D eigenvalue weighted by Crippen LogP contribution is -2.58. The predicted molar refractivity (Wildman–Crippen MR) is 255 cm³/mol. The van der Waals surface area contributed by atoms with Crippen LogP contribution in [0.4, 0.5) is 5.82 Å². The van der Waals surface area contributed by atoms with Crippen LogP contribution in [0.25, 0.3) is 21.7 Å². The molecule has 0 saturated carbocycles. The summed E-state index contributed by atoms with van der Waals surface area (Å²) in [6.07, 6.45) is 1.72. The van der Waals surface area contributed by atoms with Gasteiger partial charge in [-0.15, -0.1) is 21.5 Å². The fourth-order valence-electron chi connectivity index (χ4n) is 9.34. The molecule has 8 rings (SSSR count). The molecule has 0 radical (unpaired) electrons. The van der Waals surface area contributed by atoms with Crippen LogP contribution >= 0.6 is 11.3 Å². The van der Waals surface area contributed by atoms with E-state index in [1.54, 1.807) is 41.7 Å². The van der Waals surface area contributed by atoms with Gasteiger partial charge >= 0.3 is 0 Å². The topological polar surface area (TPSA) is 216 Å². The molecule has 16 nitrogen and oxygen atoms in total. The normalized spacial score (nSPS) is 19.8. The number of hydrogen-bond donors (Lipinski definition) is 5. The van der Waals surface area contributed by atoms with E-state index in [2.05, 4.69) is 30.7 Å². The number of phenolic OH excluding ortho intramolecular Hbond substituents is 1. The molecule has 5 aromatic rings. The Morgan fingerprint density at radius 3 is 2.31 bits per heavy atom. The van der Waals surface area contributed by atoms with Crippen LogP contribution in [0, 0.1) is 12.3 Å². The Morgan fingerprint density at radius 2 is 1.64 bits per heavy atom. The number of benzene rings is 3. The summed E-state index contributed by atoms with van der Waals surface area (Å²) in [6, 6.07) is 22.2. The van der Waals surface area contributed by atoms with Gasteiger partial charge in [0.15, 0.2) is 11.6 Å². The highest BCUT2D eigenvalue weighted by atomic mass is 32.1. The van der Waals surface area contributed by atoms with Crippen LogP contribution in [0.15, 0.2) is 84.4 Å².